The van der Waals surface area contributed by atoms with E-state index in [9.17, 15) is 0 Å². The average molecular weight is 1160 g/mol. The zero-order valence-corrected chi connectivity index (χ0v) is 35.3. The third-order valence-corrected chi connectivity index (χ3v) is 36.0. The summed E-state index contributed by atoms with van der Waals surface area (Å²) < 4.78 is 14.0. The molecule has 0 nitrogen and oxygen atoms in total. The Morgan fingerprint density at radius 1 is 0.178 bits per heavy atom. The summed E-state index contributed by atoms with van der Waals surface area (Å²) in [6, 6.07) is 76.2. The van der Waals surface area contributed by atoms with Crippen LogP contribution in [0.5, 0.6) is 0 Å². The Kier molecular flexibility index (Phi) is 10.4. The van der Waals surface area contributed by atoms with E-state index in [0.29, 0.717) is 0 Å². The van der Waals surface area contributed by atoms with Gasteiger partial charge in [0.05, 0.1) is 0 Å². The number of rotatable bonds is 9. The summed E-state index contributed by atoms with van der Waals surface area (Å²) in [5.74, 6) is 0. The van der Waals surface area contributed by atoms with Gasteiger partial charge >= 0.3 is 295 Å². The second-order valence-electron chi connectivity index (χ2n) is 10.7. The van der Waals surface area contributed by atoms with Crippen molar-refractivity contribution in [2.24, 2.45) is 0 Å². The third kappa shape index (κ3) is 7.28. The van der Waals surface area contributed by atoms with E-state index in [1.54, 1.807) is 13.1 Å². The summed E-state index contributed by atoms with van der Waals surface area (Å²) in [5, 5.41) is 0. The SMILES string of the molecule is c1cc[c]([Bi]([c]2ccccc2)[c]2ccc[c]([Bi]([c]3ccccc3)[c]3ccc[c]([Bi]([c]4ccccc4)[c]4ccccc4)c3)c2)cc1. The predicted octanol–water partition coefficient (Wildman–Crippen LogP) is 3.24. The van der Waals surface area contributed by atoms with E-state index < -0.39 is 65.3 Å². The Morgan fingerprint density at radius 3 is 0.578 bits per heavy atom. The van der Waals surface area contributed by atoms with Crippen molar-refractivity contribution in [3.63, 3.8) is 0 Å². The van der Waals surface area contributed by atoms with Crippen LogP contribution in [0.15, 0.2) is 200 Å². The first-order valence-corrected chi connectivity index (χ1v) is 30.9. The van der Waals surface area contributed by atoms with Gasteiger partial charge in [0.15, 0.2) is 0 Å². The van der Waals surface area contributed by atoms with E-state index in [2.05, 4.69) is 200 Å². The first-order chi connectivity index (χ1) is 22.3. The Bertz CT molecular complexity index is 1740. The van der Waals surface area contributed by atoms with Gasteiger partial charge in [-0.3, -0.25) is 0 Å². The van der Waals surface area contributed by atoms with Crippen LogP contribution in [-0.4, -0.2) is 65.3 Å². The molecule has 0 aromatic heterocycles. The molecule has 7 aromatic carbocycles. The van der Waals surface area contributed by atoms with Crippen LogP contribution in [0.1, 0.15) is 0 Å². The second kappa shape index (κ2) is 15.2. The molecule has 0 spiro atoms. The van der Waals surface area contributed by atoms with Gasteiger partial charge in [0.2, 0.25) is 0 Å². The average Bonchev–Trinajstić information content (AvgIpc) is 3.12. The van der Waals surface area contributed by atoms with Gasteiger partial charge in [-0.1, -0.05) is 0 Å². The van der Waals surface area contributed by atoms with Gasteiger partial charge in [-0.2, -0.15) is 0 Å². The fourth-order valence-electron chi connectivity index (χ4n) is 5.77. The van der Waals surface area contributed by atoms with E-state index in [-0.39, 0.29) is 0 Å². The van der Waals surface area contributed by atoms with Gasteiger partial charge in [0.25, 0.3) is 0 Å². The summed E-state index contributed by atoms with van der Waals surface area (Å²) >= 11 is -7.61. The van der Waals surface area contributed by atoms with Gasteiger partial charge in [0, 0.05) is 0 Å². The molecule has 0 fully saturated rings. The number of hydrogen-bond acceptors (Lipinski definition) is 0. The summed E-state index contributed by atoms with van der Waals surface area (Å²) in [6.07, 6.45) is 0. The van der Waals surface area contributed by atoms with Crippen LogP contribution < -0.4 is 29.4 Å². The topological polar surface area (TPSA) is 0 Å². The van der Waals surface area contributed by atoms with Crippen molar-refractivity contribution in [2.45, 2.75) is 0 Å². The zero-order valence-electron chi connectivity index (χ0n) is 24.9. The molecule has 0 radical (unpaired) electrons. The normalized spacial score (nSPS) is 11.3. The fraction of sp³-hybridized carbons (Fsp3) is 0. The van der Waals surface area contributed by atoms with Crippen LogP contribution in [-0.2, 0) is 0 Å². The molecular weight excluding hydrogens is 1130 g/mol. The molecule has 0 N–H and O–H groups in total. The van der Waals surface area contributed by atoms with Gasteiger partial charge in [0.1, 0.15) is 0 Å². The molecule has 7 aromatic rings. The van der Waals surface area contributed by atoms with Crippen LogP contribution in [0.25, 0.3) is 0 Å². The van der Waals surface area contributed by atoms with Crippen molar-refractivity contribution in [1.29, 1.82) is 0 Å². The van der Waals surface area contributed by atoms with Gasteiger partial charge in [-0.15, -0.1) is 0 Å². The van der Waals surface area contributed by atoms with Crippen LogP contribution in [0, 0.1) is 0 Å². The van der Waals surface area contributed by atoms with E-state index >= 15 is 0 Å². The summed E-state index contributed by atoms with van der Waals surface area (Å²) in [6.45, 7) is 0. The second-order valence-corrected chi connectivity index (χ2v) is 36.6. The van der Waals surface area contributed by atoms with E-state index in [1.165, 1.54) is 16.4 Å². The molecule has 7 rings (SSSR count). The van der Waals surface area contributed by atoms with Crippen LogP contribution >= 0.6 is 0 Å². The molecule has 0 amide bonds. The molecule has 45 heavy (non-hydrogen) atoms. The number of benzene rings is 7. The molecular formula is C42H33Bi3. The minimum absolute atomic E-state index is 1.53. The van der Waals surface area contributed by atoms with Crippen molar-refractivity contribution in [3.05, 3.63) is 200 Å². The molecule has 3 heteroatoms. The maximum absolute atomic E-state index is 2.65. The molecule has 0 saturated carbocycles. The zero-order chi connectivity index (χ0) is 30.3. The first-order valence-electron chi connectivity index (χ1n) is 15.2. The van der Waals surface area contributed by atoms with E-state index in [0.717, 1.165) is 0 Å². The van der Waals surface area contributed by atoms with Crippen molar-refractivity contribution in [3.8, 4) is 0 Å². The molecule has 0 aliphatic rings. The minimum atomic E-state index is -2.65. The predicted molar refractivity (Wildman–Crippen MR) is 199 cm³/mol. The third-order valence-electron chi connectivity index (χ3n) is 7.76. The first kappa shape index (κ1) is 30.8. The molecule has 0 aliphatic carbocycles. The molecule has 0 aliphatic heterocycles. The molecule has 0 saturated heterocycles. The summed E-state index contributed by atoms with van der Waals surface area (Å²) in [5.41, 5.74) is 0. The molecule has 0 heterocycles. The molecule has 216 valence electrons. The quantitative estimate of drug-likeness (QED) is 0.195. The van der Waals surface area contributed by atoms with Gasteiger partial charge < -0.3 is 0 Å². The van der Waals surface area contributed by atoms with Crippen molar-refractivity contribution in [1.82, 2.24) is 0 Å². The molecule has 0 atom stereocenters. The Morgan fingerprint density at radius 2 is 0.356 bits per heavy atom. The van der Waals surface area contributed by atoms with Gasteiger partial charge in [-0.25, -0.2) is 0 Å². The molecule has 0 unspecified atom stereocenters. The summed E-state index contributed by atoms with van der Waals surface area (Å²) in [4.78, 5) is 0. The summed E-state index contributed by atoms with van der Waals surface area (Å²) in [7, 11) is 0. The Labute approximate surface area is 291 Å². The van der Waals surface area contributed by atoms with Crippen molar-refractivity contribution >= 4 is 94.7 Å². The number of hydrogen-bond donors (Lipinski definition) is 0. The molecule has 0 bridgehead atoms. The van der Waals surface area contributed by atoms with Crippen LogP contribution in [0.2, 0.25) is 0 Å². The van der Waals surface area contributed by atoms with Crippen molar-refractivity contribution in [2.75, 3.05) is 0 Å². The van der Waals surface area contributed by atoms with Crippen molar-refractivity contribution < 1.29 is 0 Å². The fourth-order valence-corrected chi connectivity index (χ4v) is 36.6. The van der Waals surface area contributed by atoms with Gasteiger partial charge in [-0.05, 0) is 0 Å². The van der Waals surface area contributed by atoms with E-state index in [4.69, 9.17) is 0 Å². The van der Waals surface area contributed by atoms with Crippen LogP contribution in [0.4, 0.5) is 0 Å². The monoisotopic (exact) mass is 1160 g/mol. The van der Waals surface area contributed by atoms with E-state index in [1.807, 2.05) is 0 Å². The standard InChI is InChI=1S/5C6H5.2C6H4.3Bi/c7*1-2-4-6-5-3-1;;;/h5*1-5H;2*1-3,6H;;;. The van der Waals surface area contributed by atoms with Crippen LogP contribution in [0.3, 0.4) is 0 Å². The Hall–Kier alpha value is -2.81. The maximum atomic E-state index is 2.63. The Balaban J connectivity index is 1.36.